The molecule has 1 heterocycles. The average molecular weight is 520 g/mol. The van der Waals surface area contributed by atoms with Gasteiger partial charge in [0.2, 0.25) is 5.91 Å². The molecule has 1 unspecified atom stereocenters. The van der Waals surface area contributed by atoms with E-state index in [1.807, 2.05) is 43.3 Å². The molecule has 6 heteroatoms. The maximum absolute atomic E-state index is 11.5. The highest BCUT2D eigenvalue weighted by Crippen LogP contribution is 2.51. The Morgan fingerprint density at radius 1 is 1.05 bits per heavy atom. The zero-order chi connectivity index (χ0) is 25.9. The number of rotatable bonds is 9. The van der Waals surface area contributed by atoms with Gasteiger partial charge >= 0.3 is 0 Å². The van der Waals surface area contributed by atoms with E-state index >= 15 is 0 Å². The molecule has 37 heavy (non-hydrogen) atoms. The standard InChI is InChI=1S/C31H34ClNO4/c1-2-36-26-9-6-19(7-10-26)12-24-14-21(8-11-29(24)32)30-18-25(34)17-27(37-30)15-23-16-28(23)20-4-3-5-22(13-20)31(33)35/h3-11,13-14,23,25,27-28,30,34H,2,12,15-18H2,1H3,(H2,33,35)/t23-,25?,27-,28-,30-/m1/s1. The summed E-state index contributed by atoms with van der Waals surface area (Å²) < 4.78 is 12.1. The van der Waals surface area contributed by atoms with E-state index in [1.165, 1.54) is 0 Å². The lowest BCUT2D eigenvalue weighted by Gasteiger charge is -2.34. The maximum Gasteiger partial charge on any atom is 0.248 e. The lowest BCUT2D eigenvalue weighted by molar-refractivity contribution is -0.102. The fourth-order valence-electron chi connectivity index (χ4n) is 5.55. The summed E-state index contributed by atoms with van der Waals surface area (Å²) in [5.74, 6) is 1.36. The van der Waals surface area contributed by atoms with E-state index in [-0.39, 0.29) is 12.2 Å². The number of amides is 1. The second-order valence-corrected chi connectivity index (χ2v) is 10.7. The Bertz CT molecular complexity index is 1240. The van der Waals surface area contributed by atoms with E-state index in [2.05, 4.69) is 24.3 Å². The summed E-state index contributed by atoms with van der Waals surface area (Å²) in [5, 5.41) is 11.4. The molecule has 1 saturated carbocycles. The molecule has 3 N–H and O–H groups in total. The quantitative estimate of drug-likeness (QED) is 0.352. The highest BCUT2D eigenvalue weighted by molar-refractivity contribution is 6.31. The molecule has 1 aliphatic carbocycles. The SMILES string of the molecule is CCOc1ccc(Cc2cc([C@H]3CC(O)C[C@@H](C[C@@H]4C[C@@H]4c4cccc(C(N)=O)c4)O3)ccc2Cl)cc1. The summed E-state index contributed by atoms with van der Waals surface area (Å²) in [6.45, 7) is 2.62. The van der Waals surface area contributed by atoms with Gasteiger partial charge in [0.25, 0.3) is 0 Å². The number of hydrogen-bond donors (Lipinski definition) is 2. The molecule has 5 nitrogen and oxygen atoms in total. The summed E-state index contributed by atoms with van der Waals surface area (Å²) >= 11 is 6.56. The molecule has 5 rings (SSSR count). The minimum atomic E-state index is -0.399. The third-order valence-corrected chi connectivity index (χ3v) is 7.90. The smallest absolute Gasteiger partial charge is 0.248 e. The zero-order valence-corrected chi connectivity index (χ0v) is 21.9. The highest BCUT2D eigenvalue weighted by Gasteiger charge is 2.42. The van der Waals surface area contributed by atoms with Crippen molar-refractivity contribution in [1.82, 2.24) is 0 Å². The number of ether oxygens (including phenoxy) is 2. The average Bonchev–Trinajstić information content (AvgIpc) is 3.65. The van der Waals surface area contributed by atoms with Crippen molar-refractivity contribution < 1.29 is 19.4 Å². The topological polar surface area (TPSA) is 81.8 Å². The highest BCUT2D eigenvalue weighted by atomic mass is 35.5. The summed E-state index contributed by atoms with van der Waals surface area (Å²) in [6, 6.07) is 21.8. The molecule has 1 saturated heterocycles. The van der Waals surface area contributed by atoms with Gasteiger partial charge in [-0.15, -0.1) is 0 Å². The van der Waals surface area contributed by atoms with Crippen molar-refractivity contribution >= 4 is 17.5 Å². The van der Waals surface area contributed by atoms with Gasteiger partial charge in [0, 0.05) is 17.0 Å². The van der Waals surface area contributed by atoms with Crippen LogP contribution in [-0.4, -0.2) is 29.8 Å². The van der Waals surface area contributed by atoms with Gasteiger partial charge in [0.05, 0.1) is 24.9 Å². The molecule has 0 radical (unpaired) electrons. The predicted molar refractivity (Wildman–Crippen MR) is 145 cm³/mol. The van der Waals surface area contributed by atoms with Crippen LogP contribution in [0.5, 0.6) is 5.75 Å². The van der Waals surface area contributed by atoms with Crippen LogP contribution < -0.4 is 10.5 Å². The molecule has 0 bridgehead atoms. The molecular formula is C31H34ClNO4. The Morgan fingerprint density at radius 3 is 2.62 bits per heavy atom. The first-order valence-corrected chi connectivity index (χ1v) is 13.5. The van der Waals surface area contributed by atoms with Crippen LogP contribution in [0.3, 0.4) is 0 Å². The van der Waals surface area contributed by atoms with Gasteiger partial charge in [0.1, 0.15) is 5.75 Å². The Morgan fingerprint density at radius 2 is 1.86 bits per heavy atom. The van der Waals surface area contributed by atoms with E-state index < -0.39 is 12.0 Å². The second kappa shape index (κ2) is 11.3. The first kappa shape index (κ1) is 25.8. The Kier molecular flexibility index (Phi) is 7.84. The molecule has 194 valence electrons. The van der Waals surface area contributed by atoms with Crippen LogP contribution in [0, 0.1) is 5.92 Å². The van der Waals surface area contributed by atoms with Crippen molar-refractivity contribution in [3.8, 4) is 5.75 Å². The third kappa shape index (κ3) is 6.35. The third-order valence-electron chi connectivity index (χ3n) is 7.54. The largest absolute Gasteiger partial charge is 0.494 e. The Hall–Kier alpha value is -2.86. The molecular weight excluding hydrogens is 486 g/mol. The van der Waals surface area contributed by atoms with Gasteiger partial charge < -0.3 is 20.3 Å². The monoisotopic (exact) mass is 519 g/mol. The van der Waals surface area contributed by atoms with Crippen LogP contribution >= 0.6 is 11.6 Å². The van der Waals surface area contributed by atoms with Crippen LogP contribution in [-0.2, 0) is 11.2 Å². The van der Waals surface area contributed by atoms with Gasteiger partial charge in [-0.3, -0.25) is 4.79 Å². The number of benzene rings is 3. The Labute approximate surface area is 223 Å². The van der Waals surface area contributed by atoms with Crippen molar-refractivity contribution in [2.24, 2.45) is 11.7 Å². The molecule has 0 spiro atoms. The minimum Gasteiger partial charge on any atom is -0.494 e. The lowest BCUT2D eigenvalue weighted by atomic mass is 9.92. The summed E-state index contributed by atoms with van der Waals surface area (Å²) in [6.07, 6.45) is 3.33. The molecule has 0 aromatic heterocycles. The summed E-state index contributed by atoms with van der Waals surface area (Å²) in [4.78, 5) is 11.5. The van der Waals surface area contributed by atoms with Gasteiger partial charge in [-0.1, -0.05) is 48.0 Å². The molecule has 1 amide bonds. The van der Waals surface area contributed by atoms with E-state index in [0.717, 1.165) is 45.9 Å². The first-order chi connectivity index (χ1) is 17.9. The molecule has 1 aliphatic heterocycles. The van der Waals surface area contributed by atoms with Crippen molar-refractivity contribution in [1.29, 1.82) is 0 Å². The molecule has 2 fully saturated rings. The number of primary amides is 1. The van der Waals surface area contributed by atoms with Crippen LogP contribution in [0.25, 0.3) is 0 Å². The number of nitrogens with two attached hydrogens (primary N) is 1. The fourth-order valence-corrected chi connectivity index (χ4v) is 5.74. The van der Waals surface area contributed by atoms with Crippen LogP contribution in [0.2, 0.25) is 5.02 Å². The molecule has 3 aromatic rings. The van der Waals surface area contributed by atoms with Crippen LogP contribution in [0.1, 0.15) is 77.2 Å². The predicted octanol–water partition coefficient (Wildman–Crippen LogP) is 6.20. The number of hydrogen-bond acceptors (Lipinski definition) is 4. The zero-order valence-electron chi connectivity index (χ0n) is 21.1. The number of aliphatic hydroxyl groups is 1. The summed E-state index contributed by atoms with van der Waals surface area (Å²) in [7, 11) is 0. The number of aliphatic hydroxyl groups excluding tert-OH is 1. The summed E-state index contributed by atoms with van der Waals surface area (Å²) in [5.41, 5.74) is 10.4. The van der Waals surface area contributed by atoms with E-state index in [0.29, 0.717) is 43.3 Å². The van der Waals surface area contributed by atoms with Gasteiger partial charge in [-0.05, 0) is 97.0 Å². The van der Waals surface area contributed by atoms with E-state index in [1.54, 1.807) is 6.07 Å². The van der Waals surface area contributed by atoms with Crippen LogP contribution in [0.4, 0.5) is 0 Å². The van der Waals surface area contributed by atoms with E-state index in [9.17, 15) is 9.90 Å². The fraction of sp³-hybridized carbons (Fsp3) is 0.387. The van der Waals surface area contributed by atoms with Crippen molar-refractivity contribution in [2.75, 3.05) is 6.61 Å². The van der Waals surface area contributed by atoms with Crippen molar-refractivity contribution in [3.05, 3.63) is 99.6 Å². The maximum atomic E-state index is 11.5. The van der Waals surface area contributed by atoms with Crippen LogP contribution in [0.15, 0.2) is 66.7 Å². The number of carbonyl (C=O) groups excluding carboxylic acids is 1. The first-order valence-electron chi connectivity index (χ1n) is 13.1. The van der Waals surface area contributed by atoms with Gasteiger partial charge in [0.15, 0.2) is 0 Å². The van der Waals surface area contributed by atoms with Gasteiger partial charge in [-0.2, -0.15) is 0 Å². The molecule has 3 aromatic carbocycles. The molecule has 5 atom stereocenters. The second-order valence-electron chi connectivity index (χ2n) is 10.3. The Balaban J connectivity index is 1.24. The van der Waals surface area contributed by atoms with E-state index in [4.69, 9.17) is 26.8 Å². The lowest BCUT2D eigenvalue weighted by Crippen LogP contribution is -2.31. The normalized spacial score (nSPS) is 25.0. The minimum absolute atomic E-state index is 0.00619. The van der Waals surface area contributed by atoms with Crippen molar-refractivity contribution in [2.45, 2.75) is 63.3 Å². The molecule has 2 aliphatic rings. The number of halogens is 1. The van der Waals surface area contributed by atoms with Gasteiger partial charge in [-0.25, -0.2) is 0 Å². The van der Waals surface area contributed by atoms with Crippen molar-refractivity contribution in [3.63, 3.8) is 0 Å². The number of carbonyl (C=O) groups is 1.